The summed E-state index contributed by atoms with van der Waals surface area (Å²) < 4.78 is 27.0. The molecule has 0 aliphatic heterocycles. The number of hydrazine groups is 1. The van der Waals surface area contributed by atoms with Crippen molar-refractivity contribution >= 4 is 11.8 Å². The highest BCUT2D eigenvalue weighted by molar-refractivity contribution is 5.99. The van der Waals surface area contributed by atoms with Crippen LogP contribution >= 0.6 is 0 Å². The maximum Gasteiger partial charge on any atom is 0.272 e. The van der Waals surface area contributed by atoms with Gasteiger partial charge in [0.1, 0.15) is 11.6 Å². The summed E-state index contributed by atoms with van der Waals surface area (Å²) in [7, 11) is 0. The Balaban J connectivity index is 2.32. The largest absolute Gasteiger partial charge is 0.272 e. The molecule has 2 aromatic carbocycles. The molecule has 4 nitrogen and oxygen atoms in total. The average molecular weight is 332 g/mol. The summed E-state index contributed by atoms with van der Waals surface area (Å²) in [4.78, 5) is 25.0. The van der Waals surface area contributed by atoms with E-state index in [1.54, 1.807) is 51.1 Å². The fraction of sp³-hybridized carbons (Fsp3) is 0.222. The second-order valence-corrected chi connectivity index (χ2v) is 6.24. The van der Waals surface area contributed by atoms with Crippen molar-refractivity contribution in [2.24, 2.45) is 0 Å². The number of rotatable bonds is 2. The molecule has 2 rings (SSSR count). The fourth-order valence-corrected chi connectivity index (χ4v) is 2.07. The van der Waals surface area contributed by atoms with Gasteiger partial charge < -0.3 is 0 Å². The molecule has 0 bridgehead atoms. The van der Waals surface area contributed by atoms with Gasteiger partial charge in [-0.05, 0) is 51.1 Å². The van der Waals surface area contributed by atoms with Crippen LogP contribution in [0.2, 0.25) is 0 Å². The molecular weight excluding hydrogens is 314 g/mol. The molecule has 0 saturated heterocycles. The Bertz CT molecular complexity index is 755. The quantitative estimate of drug-likeness (QED) is 0.855. The number of amides is 2. The van der Waals surface area contributed by atoms with Crippen molar-refractivity contribution in [1.29, 1.82) is 0 Å². The van der Waals surface area contributed by atoms with Crippen LogP contribution in [0, 0.1) is 11.6 Å². The maximum absolute atomic E-state index is 13.8. The Labute approximate surface area is 139 Å². The number of halogens is 2. The lowest BCUT2D eigenvalue weighted by molar-refractivity contribution is 0.0357. The van der Waals surface area contributed by atoms with Crippen molar-refractivity contribution in [2.45, 2.75) is 26.3 Å². The summed E-state index contributed by atoms with van der Waals surface area (Å²) in [6.45, 7) is 5.15. The van der Waals surface area contributed by atoms with Crippen molar-refractivity contribution < 1.29 is 18.4 Å². The van der Waals surface area contributed by atoms with Gasteiger partial charge in [0.15, 0.2) is 0 Å². The van der Waals surface area contributed by atoms with Crippen LogP contribution in [0.5, 0.6) is 0 Å². The first kappa shape index (κ1) is 17.6. The molecule has 0 aromatic heterocycles. The molecule has 6 heteroatoms. The lowest BCUT2D eigenvalue weighted by atomic mass is 10.1. The van der Waals surface area contributed by atoms with Crippen molar-refractivity contribution in [3.05, 3.63) is 71.3 Å². The van der Waals surface area contributed by atoms with E-state index < -0.39 is 34.6 Å². The van der Waals surface area contributed by atoms with E-state index in [2.05, 4.69) is 5.43 Å². The summed E-state index contributed by atoms with van der Waals surface area (Å²) in [5.41, 5.74) is 1.51. The number of carbonyl (C=O) groups excluding carboxylic acids is 2. The van der Waals surface area contributed by atoms with Gasteiger partial charge in [0.25, 0.3) is 11.8 Å². The van der Waals surface area contributed by atoms with Crippen LogP contribution in [0.4, 0.5) is 8.78 Å². The number of nitrogens with one attached hydrogen (secondary N) is 1. The van der Waals surface area contributed by atoms with Crippen LogP contribution in [0.1, 0.15) is 41.5 Å². The zero-order chi connectivity index (χ0) is 17.9. The van der Waals surface area contributed by atoms with Gasteiger partial charge in [-0.25, -0.2) is 13.8 Å². The minimum Gasteiger partial charge on any atom is -0.267 e. The molecule has 0 spiro atoms. The first-order valence-corrected chi connectivity index (χ1v) is 7.36. The highest BCUT2D eigenvalue weighted by atomic mass is 19.1. The van der Waals surface area contributed by atoms with Crippen molar-refractivity contribution in [3.63, 3.8) is 0 Å². The van der Waals surface area contributed by atoms with E-state index in [-0.39, 0.29) is 0 Å². The molecule has 0 atom stereocenters. The van der Waals surface area contributed by atoms with E-state index in [0.29, 0.717) is 5.56 Å². The highest BCUT2D eigenvalue weighted by Gasteiger charge is 2.30. The molecule has 1 N–H and O–H groups in total. The normalized spacial score (nSPS) is 11.0. The first-order valence-electron chi connectivity index (χ1n) is 7.36. The second kappa shape index (κ2) is 6.78. The number of hydrogen-bond acceptors (Lipinski definition) is 2. The molecule has 0 unspecified atom stereocenters. The minimum atomic E-state index is -0.897. The van der Waals surface area contributed by atoms with Crippen LogP contribution in [-0.2, 0) is 0 Å². The van der Waals surface area contributed by atoms with Gasteiger partial charge in [-0.2, -0.15) is 0 Å². The standard InChI is InChI=1S/C18H18F2N2O2/c1-18(2,3)22(17(24)12-7-5-4-6-8-12)21-16(23)14-11-13(19)9-10-15(14)20/h4-11H,1-3H3,(H,21,23). The fourth-order valence-electron chi connectivity index (χ4n) is 2.07. The summed E-state index contributed by atoms with van der Waals surface area (Å²) in [6, 6.07) is 10.9. The van der Waals surface area contributed by atoms with Gasteiger partial charge in [-0.3, -0.25) is 15.0 Å². The van der Waals surface area contributed by atoms with Crippen LogP contribution in [0.3, 0.4) is 0 Å². The first-order chi connectivity index (χ1) is 11.2. The Kier molecular flexibility index (Phi) is 4.97. The lowest BCUT2D eigenvalue weighted by Gasteiger charge is -2.35. The second-order valence-electron chi connectivity index (χ2n) is 6.24. The zero-order valence-electron chi connectivity index (χ0n) is 13.6. The number of nitrogens with zero attached hydrogens (tertiary/aromatic N) is 1. The summed E-state index contributed by atoms with van der Waals surface area (Å²) in [5.74, 6) is -2.95. The number of carbonyl (C=O) groups is 2. The predicted octanol–water partition coefficient (Wildman–Crippen LogP) is 3.55. The molecule has 0 heterocycles. The highest BCUT2D eigenvalue weighted by Crippen LogP contribution is 2.17. The Morgan fingerprint density at radius 3 is 2.21 bits per heavy atom. The molecule has 0 fully saturated rings. The van der Waals surface area contributed by atoms with Crippen LogP contribution in [-0.4, -0.2) is 22.4 Å². The zero-order valence-corrected chi connectivity index (χ0v) is 13.6. The van der Waals surface area contributed by atoms with Crippen molar-refractivity contribution in [2.75, 3.05) is 0 Å². The monoisotopic (exact) mass is 332 g/mol. The van der Waals surface area contributed by atoms with Gasteiger partial charge in [-0.1, -0.05) is 18.2 Å². The predicted molar refractivity (Wildman–Crippen MR) is 86.2 cm³/mol. The molecule has 0 aliphatic rings. The summed E-state index contributed by atoms with van der Waals surface area (Å²) in [6.07, 6.45) is 0. The molecular formula is C18H18F2N2O2. The average Bonchev–Trinajstić information content (AvgIpc) is 2.53. The van der Waals surface area contributed by atoms with Gasteiger partial charge in [-0.15, -0.1) is 0 Å². The van der Waals surface area contributed by atoms with Crippen LogP contribution in [0.15, 0.2) is 48.5 Å². The topological polar surface area (TPSA) is 49.4 Å². The van der Waals surface area contributed by atoms with Crippen LogP contribution < -0.4 is 5.43 Å². The van der Waals surface area contributed by atoms with E-state index in [1.807, 2.05) is 0 Å². The van der Waals surface area contributed by atoms with Crippen molar-refractivity contribution in [1.82, 2.24) is 10.4 Å². The maximum atomic E-state index is 13.8. The molecule has 126 valence electrons. The SMILES string of the molecule is CC(C)(C)N(NC(=O)c1cc(F)ccc1F)C(=O)c1ccccc1. The Morgan fingerprint density at radius 2 is 1.62 bits per heavy atom. The van der Waals surface area contributed by atoms with E-state index in [9.17, 15) is 18.4 Å². The molecule has 2 aromatic rings. The summed E-state index contributed by atoms with van der Waals surface area (Å²) >= 11 is 0. The number of hydrogen-bond donors (Lipinski definition) is 1. The molecule has 2 amide bonds. The van der Waals surface area contributed by atoms with Gasteiger partial charge in [0.2, 0.25) is 0 Å². The minimum absolute atomic E-state index is 0.368. The van der Waals surface area contributed by atoms with Gasteiger partial charge >= 0.3 is 0 Å². The third-order valence-corrected chi connectivity index (χ3v) is 3.28. The smallest absolute Gasteiger partial charge is 0.267 e. The van der Waals surface area contributed by atoms with Crippen LogP contribution in [0.25, 0.3) is 0 Å². The Hall–Kier alpha value is -2.76. The molecule has 0 aliphatic carbocycles. The Morgan fingerprint density at radius 1 is 1.00 bits per heavy atom. The third-order valence-electron chi connectivity index (χ3n) is 3.28. The van der Waals surface area contributed by atoms with E-state index in [1.165, 1.54) is 0 Å². The van der Waals surface area contributed by atoms with E-state index in [0.717, 1.165) is 23.2 Å². The summed E-state index contributed by atoms with van der Waals surface area (Å²) in [5, 5.41) is 1.11. The molecule has 24 heavy (non-hydrogen) atoms. The van der Waals surface area contributed by atoms with Crippen molar-refractivity contribution in [3.8, 4) is 0 Å². The van der Waals surface area contributed by atoms with E-state index in [4.69, 9.17) is 0 Å². The number of benzene rings is 2. The lowest BCUT2D eigenvalue weighted by Crippen LogP contribution is -2.56. The van der Waals surface area contributed by atoms with Gasteiger partial charge in [0.05, 0.1) is 11.1 Å². The third kappa shape index (κ3) is 3.95. The molecule has 0 radical (unpaired) electrons. The van der Waals surface area contributed by atoms with E-state index >= 15 is 0 Å². The molecule has 0 saturated carbocycles. The van der Waals surface area contributed by atoms with Gasteiger partial charge in [0, 0.05) is 5.56 Å².